The minimum atomic E-state index is -4.42. The molecule has 0 atom stereocenters. The van der Waals surface area contributed by atoms with Crippen LogP contribution in [0.15, 0.2) is 42.5 Å². The third kappa shape index (κ3) is 8.04. The Labute approximate surface area is 192 Å². The molecule has 0 aliphatic heterocycles. The Bertz CT molecular complexity index is 907. The number of alkyl halides is 3. The number of hydrogen-bond acceptors (Lipinski definition) is 4. The summed E-state index contributed by atoms with van der Waals surface area (Å²) in [5.41, 5.74) is 1.35. The van der Waals surface area contributed by atoms with Crippen LogP contribution in [0.2, 0.25) is 0 Å². The van der Waals surface area contributed by atoms with E-state index in [0.717, 1.165) is 36.6 Å². The molecule has 0 radical (unpaired) electrons. The SMILES string of the molecule is C=O.CCC1CCC(C)(Nc2ccc(C=O)c(-c3cccc(C(F)(F)F)c3)c2)CC1.O=CO. The van der Waals surface area contributed by atoms with E-state index in [1.807, 2.05) is 12.9 Å². The maximum absolute atomic E-state index is 13.1. The van der Waals surface area contributed by atoms with Crippen molar-refractivity contribution in [2.75, 3.05) is 5.32 Å². The topological polar surface area (TPSA) is 83.5 Å². The average molecular weight is 466 g/mol. The monoisotopic (exact) mass is 465 g/mol. The average Bonchev–Trinajstić information content (AvgIpc) is 2.81. The van der Waals surface area contributed by atoms with E-state index in [4.69, 9.17) is 14.7 Å². The summed E-state index contributed by atoms with van der Waals surface area (Å²) < 4.78 is 39.3. The van der Waals surface area contributed by atoms with Gasteiger partial charge in [0.25, 0.3) is 6.47 Å². The van der Waals surface area contributed by atoms with E-state index in [1.54, 1.807) is 18.2 Å². The lowest BCUT2D eigenvalue weighted by Gasteiger charge is -2.39. The van der Waals surface area contributed by atoms with Gasteiger partial charge < -0.3 is 15.2 Å². The number of halogens is 3. The van der Waals surface area contributed by atoms with Crippen LogP contribution in [-0.4, -0.2) is 30.2 Å². The van der Waals surface area contributed by atoms with Gasteiger partial charge in [0.15, 0.2) is 6.29 Å². The molecule has 2 N–H and O–H groups in total. The Morgan fingerprint density at radius 1 is 1.12 bits per heavy atom. The van der Waals surface area contributed by atoms with Crippen molar-refractivity contribution < 1.29 is 32.7 Å². The molecule has 0 amide bonds. The molecular weight excluding hydrogens is 435 g/mol. The summed E-state index contributed by atoms with van der Waals surface area (Å²) in [7, 11) is 0. The van der Waals surface area contributed by atoms with Crippen molar-refractivity contribution in [3.63, 3.8) is 0 Å². The molecule has 1 aliphatic carbocycles. The fourth-order valence-electron chi connectivity index (χ4n) is 4.05. The second-order valence-electron chi connectivity index (χ2n) is 8.14. The molecule has 0 heterocycles. The van der Waals surface area contributed by atoms with E-state index < -0.39 is 11.7 Å². The zero-order chi connectivity index (χ0) is 25.1. The van der Waals surface area contributed by atoms with Crippen molar-refractivity contribution in [3.8, 4) is 11.1 Å². The summed E-state index contributed by atoms with van der Waals surface area (Å²) in [6.45, 7) is 6.16. The number of hydrogen-bond donors (Lipinski definition) is 2. The maximum atomic E-state index is 13.1. The van der Waals surface area contributed by atoms with Crippen molar-refractivity contribution in [2.45, 2.75) is 57.7 Å². The molecule has 0 aromatic heterocycles. The first-order chi connectivity index (χ1) is 15.7. The molecule has 0 saturated heterocycles. The lowest BCUT2D eigenvalue weighted by molar-refractivity contribution is -0.137. The third-order valence-electron chi connectivity index (χ3n) is 5.91. The predicted molar refractivity (Wildman–Crippen MR) is 122 cm³/mol. The number of aldehydes is 1. The molecular formula is C25H30F3NO4. The van der Waals surface area contributed by atoms with E-state index in [-0.39, 0.29) is 12.0 Å². The van der Waals surface area contributed by atoms with Gasteiger partial charge in [-0.25, -0.2) is 0 Å². The van der Waals surface area contributed by atoms with Crippen LogP contribution < -0.4 is 5.32 Å². The van der Waals surface area contributed by atoms with E-state index >= 15 is 0 Å². The molecule has 3 rings (SSSR count). The first-order valence-corrected chi connectivity index (χ1v) is 10.6. The zero-order valence-corrected chi connectivity index (χ0v) is 18.8. The van der Waals surface area contributed by atoms with Crippen LogP contribution in [0, 0.1) is 5.92 Å². The number of carbonyl (C=O) groups is 3. The van der Waals surface area contributed by atoms with E-state index in [0.29, 0.717) is 23.0 Å². The lowest BCUT2D eigenvalue weighted by Crippen LogP contribution is -2.38. The zero-order valence-electron chi connectivity index (χ0n) is 18.8. The predicted octanol–water partition coefficient (Wildman–Crippen LogP) is 6.47. The van der Waals surface area contributed by atoms with Crippen molar-refractivity contribution in [1.29, 1.82) is 0 Å². The van der Waals surface area contributed by atoms with Gasteiger partial charge in [0, 0.05) is 16.8 Å². The Kier molecular flexibility index (Phi) is 10.8. The number of nitrogens with one attached hydrogen (secondary N) is 1. The standard InChI is InChI=1S/C23H26F3NO.CH2O2.CH2O/c1-3-16-9-11-22(2,12-10-16)27-20-8-7-18(15-28)21(14-20)17-5-4-6-19(13-17)23(24,25)26;2-1-3;1-2/h4-8,13-16,27H,3,9-12H2,1-2H3;1H,(H,2,3);1H2. The van der Waals surface area contributed by atoms with Gasteiger partial charge in [-0.15, -0.1) is 0 Å². The molecule has 0 bridgehead atoms. The molecule has 8 heteroatoms. The van der Waals surface area contributed by atoms with E-state index in [2.05, 4.69) is 19.2 Å². The Balaban J connectivity index is 0.00000101. The first-order valence-electron chi connectivity index (χ1n) is 10.6. The van der Waals surface area contributed by atoms with Crippen LogP contribution in [0.5, 0.6) is 0 Å². The smallest absolute Gasteiger partial charge is 0.416 e. The Morgan fingerprint density at radius 3 is 2.24 bits per heavy atom. The van der Waals surface area contributed by atoms with Crippen molar-refractivity contribution in [1.82, 2.24) is 0 Å². The molecule has 0 unspecified atom stereocenters. The highest BCUT2D eigenvalue weighted by Crippen LogP contribution is 2.38. The number of rotatable bonds is 5. The second kappa shape index (κ2) is 12.8. The Hall–Kier alpha value is -3.16. The van der Waals surface area contributed by atoms with Gasteiger partial charge in [0.1, 0.15) is 6.79 Å². The van der Waals surface area contributed by atoms with Crippen molar-refractivity contribution in [3.05, 3.63) is 53.6 Å². The van der Waals surface area contributed by atoms with Gasteiger partial charge in [0.05, 0.1) is 5.56 Å². The summed E-state index contributed by atoms with van der Waals surface area (Å²) in [5, 5.41) is 10.5. The van der Waals surface area contributed by atoms with Gasteiger partial charge in [-0.3, -0.25) is 9.59 Å². The van der Waals surface area contributed by atoms with Gasteiger partial charge in [-0.2, -0.15) is 13.2 Å². The summed E-state index contributed by atoms with van der Waals surface area (Å²) >= 11 is 0. The van der Waals surface area contributed by atoms with Gasteiger partial charge >= 0.3 is 6.18 Å². The van der Waals surface area contributed by atoms with Crippen LogP contribution in [0.4, 0.5) is 18.9 Å². The molecule has 5 nitrogen and oxygen atoms in total. The van der Waals surface area contributed by atoms with Crippen LogP contribution in [0.1, 0.15) is 61.9 Å². The molecule has 1 saturated carbocycles. The number of carbonyl (C=O) groups excluding carboxylic acids is 2. The highest BCUT2D eigenvalue weighted by atomic mass is 19.4. The summed E-state index contributed by atoms with van der Waals surface area (Å²) in [4.78, 5) is 27.8. The molecule has 33 heavy (non-hydrogen) atoms. The van der Waals surface area contributed by atoms with Crippen molar-refractivity contribution >= 4 is 25.2 Å². The summed E-state index contributed by atoms with van der Waals surface area (Å²) in [6.07, 6.45) is 1.93. The molecule has 0 spiro atoms. The van der Waals surface area contributed by atoms with E-state index in [1.165, 1.54) is 25.3 Å². The molecule has 1 aliphatic rings. The fourth-order valence-corrected chi connectivity index (χ4v) is 4.05. The lowest BCUT2D eigenvalue weighted by atomic mass is 9.76. The highest BCUT2D eigenvalue weighted by Gasteiger charge is 2.31. The minimum absolute atomic E-state index is 0.0422. The molecule has 180 valence electrons. The minimum Gasteiger partial charge on any atom is -0.483 e. The van der Waals surface area contributed by atoms with Gasteiger partial charge in [-0.1, -0.05) is 25.5 Å². The first kappa shape index (κ1) is 27.9. The number of anilines is 1. The fraction of sp³-hybridized carbons (Fsp3) is 0.400. The van der Waals surface area contributed by atoms with Gasteiger partial charge in [-0.05, 0) is 80.0 Å². The quantitative estimate of drug-likeness (QED) is 0.495. The largest absolute Gasteiger partial charge is 0.483 e. The molecule has 2 aromatic carbocycles. The molecule has 2 aromatic rings. The summed E-state index contributed by atoms with van der Waals surface area (Å²) in [6, 6.07) is 10.4. The highest BCUT2D eigenvalue weighted by molar-refractivity contribution is 5.89. The summed E-state index contributed by atoms with van der Waals surface area (Å²) in [5.74, 6) is 0.771. The van der Waals surface area contributed by atoms with E-state index in [9.17, 15) is 18.0 Å². The van der Waals surface area contributed by atoms with Crippen LogP contribution in [0.3, 0.4) is 0 Å². The number of carboxylic acid groups (broad SMARTS) is 1. The van der Waals surface area contributed by atoms with Crippen LogP contribution in [-0.2, 0) is 15.8 Å². The number of benzene rings is 2. The Morgan fingerprint density at radius 2 is 1.73 bits per heavy atom. The van der Waals surface area contributed by atoms with Crippen LogP contribution in [0.25, 0.3) is 11.1 Å². The maximum Gasteiger partial charge on any atom is 0.416 e. The second-order valence-corrected chi connectivity index (χ2v) is 8.14. The van der Waals surface area contributed by atoms with Crippen LogP contribution >= 0.6 is 0 Å². The molecule has 1 fully saturated rings. The van der Waals surface area contributed by atoms with Gasteiger partial charge in [0.2, 0.25) is 0 Å². The van der Waals surface area contributed by atoms with Crippen molar-refractivity contribution in [2.24, 2.45) is 5.92 Å². The third-order valence-corrected chi connectivity index (χ3v) is 5.91. The normalized spacial score (nSPS) is 19.7.